The van der Waals surface area contributed by atoms with Crippen molar-refractivity contribution in [2.24, 2.45) is 5.92 Å². The molecule has 8 nitrogen and oxygen atoms in total. The molecule has 0 amide bonds. The molecule has 2 aliphatic rings. The lowest BCUT2D eigenvalue weighted by Crippen LogP contribution is -2.38. The van der Waals surface area contributed by atoms with E-state index in [0.717, 1.165) is 0 Å². The molecule has 2 aliphatic heterocycles. The molecule has 9 heteroatoms. The number of ether oxygens (including phenoxy) is 6. The predicted molar refractivity (Wildman–Crippen MR) is 119 cm³/mol. The van der Waals surface area contributed by atoms with Crippen molar-refractivity contribution < 1.29 is 33.2 Å². The zero-order chi connectivity index (χ0) is 22.8. The minimum absolute atomic E-state index is 0.0936. The molecule has 0 bridgehead atoms. The lowest BCUT2D eigenvalue weighted by Gasteiger charge is -2.33. The van der Waals surface area contributed by atoms with Crippen molar-refractivity contribution in [3.63, 3.8) is 0 Å². The van der Waals surface area contributed by atoms with E-state index in [2.05, 4.69) is 22.5 Å². The van der Waals surface area contributed by atoms with Crippen LogP contribution in [-0.2, 0) is 9.53 Å². The van der Waals surface area contributed by atoms with Gasteiger partial charge in [-0.25, -0.2) is 0 Å². The molecule has 0 radical (unpaired) electrons. The van der Waals surface area contributed by atoms with Crippen LogP contribution < -0.4 is 23.7 Å². The highest BCUT2D eigenvalue weighted by atomic mass is 79.9. The van der Waals surface area contributed by atoms with Crippen LogP contribution in [0.4, 0.5) is 0 Å². The number of benzene rings is 2. The average molecular weight is 504 g/mol. The second-order valence-corrected chi connectivity index (χ2v) is 7.91. The number of halogens is 1. The predicted octanol–water partition coefficient (Wildman–Crippen LogP) is 4.43. The van der Waals surface area contributed by atoms with Gasteiger partial charge in [0.2, 0.25) is 12.7 Å². The minimum atomic E-state index is -0.987. The van der Waals surface area contributed by atoms with Gasteiger partial charge in [-0.2, -0.15) is 0 Å². The molecule has 0 aromatic heterocycles. The van der Waals surface area contributed by atoms with Crippen molar-refractivity contribution in [2.75, 3.05) is 27.1 Å². The topological polar surface area (TPSA) is 96.3 Å². The zero-order valence-electron chi connectivity index (χ0n) is 17.6. The van der Waals surface area contributed by atoms with Gasteiger partial charge < -0.3 is 28.4 Å². The van der Waals surface area contributed by atoms with Crippen LogP contribution in [-0.4, -0.2) is 39.0 Å². The molecule has 168 valence electrons. The number of hydrogen-bond acceptors (Lipinski definition) is 8. The summed E-state index contributed by atoms with van der Waals surface area (Å²) < 4.78 is 33.9. The molecular weight excluding hydrogens is 482 g/mol. The summed E-state index contributed by atoms with van der Waals surface area (Å²) in [5.41, 5.74) is 1.39. The quantitative estimate of drug-likeness (QED) is 0.440. The molecule has 0 aliphatic carbocycles. The van der Waals surface area contributed by atoms with Crippen molar-refractivity contribution >= 4 is 27.8 Å². The van der Waals surface area contributed by atoms with E-state index < -0.39 is 17.8 Å². The summed E-state index contributed by atoms with van der Waals surface area (Å²) >= 11 is 3.54. The van der Waals surface area contributed by atoms with E-state index >= 15 is 0 Å². The molecule has 2 aromatic rings. The Morgan fingerprint density at radius 3 is 2.69 bits per heavy atom. The third-order valence-electron chi connectivity index (χ3n) is 5.17. The summed E-state index contributed by atoms with van der Waals surface area (Å²) in [5, 5.41) is 8.47. The van der Waals surface area contributed by atoms with Gasteiger partial charge in [0.25, 0.3) is 0 Å². The summed E-state index contributed by atoms with van der Waals surface area (Å²) in [6, 6.07) is 7.08. The maximum atomic E-state index is 12.9. The zero-order valence-corrected chi connectivity index (χ0v) is 19.2. The number of esters is 1. The lowest BCUT2D eigenvalue weighted by molar-refractivity contribution is -0.146. The Morgan fingerprint density at radius 1 is 1.25 bits per heavy atom. The van der Waals surface area contributed by atoms with Gasteiger partial charge in [0.15, 0.2) is 23.0 Å². The molecule has 0 spiro atoms. The molecule has 1 N–H and O–H groups in total. The standard InChI is InChI=1S/C23H22BrNO7/c1-4-6-29-21-14(24)7-12(8-18(21)27-3)19-13-9-16-17(31-11-30-16)10-15(13)32-22(25)20(19)23(26)28-5-2/h4,7-10,19-20,25H,1,5-6,11H2,2-3H3. The van der Waals surface area contributed by atoms with Crippen LogP contribution in [0.3, 0.4) is 0 Å². The van der Waals surface area contributed by atoms with Crippen molar-refractivity contribution in [3.05, 3.63) is 52.5 Å². The van der Waals surface area contributed by atoms with Gasteiger partial charge in [0.1, 0.15) is 18.3 Å². The molecule has 2 heterocycles. The number of carbonyl (C=O) groups is 1. The van der Waals surface area contributed by atoms with E-state index in [1.165, 1.54) is 7.11 Å². The maximum Gasteiger partial charge on any atom is 0.319 e. The fourth-order valence-corrected chi connectivity index (χ4v) is 4.41. The first-order valence-corrected chi connectivity index (χ1v) is 10.7. The molecule has 4 rings (SSSR count). The lowest BCUT2D eigenvalue weighted by atomic mass is 9.78. The Morgan fingerprint density at radius 2 is 2.00 bits per heavy atom. The third-order valence-corrected chi connectivity index (χ3v) is 5.76. The minimum Gasteiger partial charge on any atom is -0.493 e. The summed E-state index contributed by atoms with van der Waals surface area (Å²) in [5.74, 6) is 0.151. The number of rotatable bonds is 7. The van der Waals surface area contributed by atoms with Crippen LogP contribution in [0.25, 0.3) is 0 Å². The molecular formula is C23H22BrNO7. The van der Waals surface area contributed by atoms with Crippen molar-refractivity contribution in [1.29, 1.82) is 5.41 Å². The van der Waals surface area contributed by atoms with E-state index in [9.17, 15) is 4.79 Å². The van der Waals surface area contributed by atoms with Crippen molar-refractivity contribution in [2.45, 2.75) is 12.8 Å². The number of nitrogens with one attached hydrogen (secondary N) is 1. The van der Waals surface area contributed by atoms with Gasteiger partial charge in [-0.15, -0.1) is 0 Å². The van der Waals surface area contributed by atoms with E-state index in [1.54, 1.807) is 31.2 Å². The molecule has 2 unspecified atom stereocenters. The third kappa shape index (κ3) is 3.88. The fourth-order valence-electron chi connectivity index (χ4n) is 3.83. The van der Waals surface area contributed by atoms with E-state index in [1.807, 2.05) is 6.07 Å². The second-order valence-electron chi connectivity index (χ2n) is 7.05. The first-order valence-electron chi connectivity index (χ1n) is 9.96. The monoisotopic (exact) mass is 503 g/mol. The van der Waals surface area contributed by atoms with Crippen LogP contribution in [0.5, 0.6) is 28.7 Å². The second kappa shape index (κ2) is 9.12. The molecule has 2 aromatic carbocycles. The number of fused-ring (bicyclic) bond motifs is 2. The first kappa shape index (κ1) is 22.0. The van der Waals surface area contributed by atoms with E-state index in [-0.39, 0.29) is 19.3 Å². The molecule has 2 atom stereocenters. The van der Waals surface area contributed by atoms with Crippen LogP contribution >= 0.6 is 15.9 Å². The Bertz CT molecular complexity index is 1080. The largest absolute Gasteiger partial charge is 0.493 e. The SMILES string of the molecule is C=CCOc1c(Br)cc(C2c3cc4c(cc3OC(=N)C2C(=O)OCC)OCO4)cc1OC. The highest BCUT2D eigenvalue weighted by molar-refractivity contribution is 9.10. The Hall–Kier alpha value is -3.20. The number of hydrogen-bond donors (Lipinski definition) is 1. The van der Waals surface area contributed by atoms with Gasteiger partial charge >= 0.3 is 5.97 Å². The van der Waals surface area contributed by atoms with Crippen LogP contribution in [0.2, 0.25) is 0 Å². The van der Waals surface area contributed by atoms with Crippen LogP contribution in [0.1, 0.15) is 24.0 Å². The number of carbonyl (C=O) groups excluding carboxylic acids is 1. The summed E-state index contributed by atoms with van der Waals surface area (Å²) in [7, 11) is 1.53. The van der Waals surface area contributed by atoms with Gasteiger partial charge in [0, 0.05) is 17.5 Å². The van der Waals surface area contributed by atoms with E-state index in [0.29, 0.717) is 51.0 Å². The van der Waals surface area contributed by atoms with Gasteiger partial charge in [0.05, 0.1) is 18.2 Å². The Kier molecular flexibility index (Phi) is 6.27. The normalized spacial score (nSPS) is 18.4. The molecule has 0 saturated carbocycles. The highest BCUT2D eigenvalue weighted by Crippen LogP contribution is 2.50. The van der Waals surface area contributed by atoms with Crippen LogP contribution in [0.15, 0.2) is 41.4 Å². The molecule has 0 fully saturated rings. The molecule has 0 saturated heterocycles. The van der Waals surface area contributed by atoms with Gasteiger partial charge in [-0.1, -0.05) is 12.7 Å². The van der Waals surface area contributed by atoms with E-state index in [4.69, 9.17) is 33.8 Å². The highest BCUT2D eigenvalue weighted by Gasteiger charge is 2.44. The number of methoxy groups -OCH3 is 1. The van der Waals surface area contributed by atoms with Gasteiger partial charge in [-0.05, 0) is 46.6 Å². The maximum absolute atomic E-state index is 12.9. The van der Waals surface area contributed by atoms with Gasteiger partial charge in [-0.3, -0.25) is 10.2 Å². The average Bonchev–Trinajstić information content (AvgIpc) is 3.22. The molecule has 32 heavy (non-hydrogen) atoms. The Labute approximate surface area is 193 Å². The smallest absolute Gasteiger partial charge is 0.319 e. The summed E-state index contributed by atoms with van der Waals surface area (Å²) in [6.45, 7) is 5.97. The summed E-state index contributed by atoms with van der Waals surface area (Å²) in [6.07, 6.45) is 1.63. The van der Waals surface area contributed by atoms with Crippen LogP contribution in [0, 0.1) is 11.3 Å². The van der Waals surface area contributed by atoms with Crippen molar-refractivity contribution in [3.8, 4) is 28.7 Å². The van der Waals surface area contributed by atoms with Crippen molar-refractivity contribution in [1.82, 2.24) is 0 Å². The Balaban J connectivity index is 1.88. The first-order chi connectivity index (χ1) is 15.5. The fraction of sp³-hybridized carbons (Fsp3) is 0.304. The summed E-state index contributed by atoms with van der Waals surface area (Å²) in [4.78, 5) is 12.9.